The van der Waals surface area contributed by atoms with Gasteiger partial charge in [0.25, 0.3) is 0 Å². The Morgan fingerprint density at radius 2 is 1.87 bits per heavy atom. The molecule has 1 aromatic carbocycles. The van der Waals surface area contributed by atoms with Gasteiger partial charge in [-0.1, -0.05) is 24.3 Å². The van der Waals surface area contributed by atoms with E-state index >= 15 is 0 Å². The third-order valence-corrected chi connectivity index (χ3v) is 6.06. The zero-order valence-electron chi connectivity index (χ0n) is 13.6. The molecule has 0 aromatic heterocycles. The number of carbonyl (C=O) groups is 1. The molecule has 122 valence electrons. The van der Waals surface area contributed by atoms with Crippen molar-refractivity contribution in [2.45, 2.75) is 37.5 Å². The molecule has 0 unspecified atom stereocenters. The van der Waals surface area contributed by atoms with Gasteiger partial charge in [0.1, 0.15) is 0 Å². The molecule has 0 saturated carbocycles. The van der Waals surface area contributed by atoms with Crippen LogP contribution in [0.15, 0.2) is 24.3 Å². The number of amides is 1. The summed E-state index contributed by atoms with van der Waals surface area (Å²) >= 11 is 0. The first-order valence-electron chi connectivity index (χ1n) is 8.86. The quantitative estimate of drug-likeness (QED) is 0.836. The Hall–Kier alpha value is -1.68. The third-order valence-electron chi connectivity index (χ3n) is 6.06. The molecule has 0 bridgehead atoms. The molecule has 1 aromatic rings. The van der Waals surface area contributed by atoms with Crippen LogP contribution in [0.5, 0.6) is 0 Å². The van der Waals surface area contributed by atoms with Gasteiger partial charge in [-0.15, -0.1) is 0 Å². The maximum Gasteiger partial charge on any atom is 0.225 e. The van der Waals surface area contributed by atoms with Gasteiger partial charge in [0.05, 0.1) is 0 Å². The monoisotopic (exact) mass is 311 g/mol. The molecular weight excluding hydrogens is 286 g/mol. The van der Waals surface area contributed by atoms with Crippen LogP contribution in [-0.2, 0) is 10.2 Å². The normalized spacial score (nSPS) is 24.0. The number of hydrogen-bond acceptors (Lipinski definition) is 3. The maximum absolute atomic E-state index is 12.7. The van der Waals surface area contributed by atoms with E-state index in [0.29, 0.717) is 5.91 Å². The minimum Gasteiger partial charge on any atom is -0.342 e. The number of fused-ring (bicyclic) bond motifs is 2. The zero-order valence-corrected chi connectivity index (χ0v) is 13.6. The summed E-state index contributed by atoms with van der Waals surface area (Å²) in [5.41, 5.74) is 3.36. The molecule has 23 heavy (non-hydrogen) atoms. The topological polar surface area (TPSA) is 56.2 Å². The van der Waals surface area contributed by atoms with E-state index < -0.39 is 0 Å². The van der Waals surface area contributed by atoms with Gasteiger partial charge in [0.2, 0.25) is 5.91 Å². The van der Waals surface area contributed by atoms with Gasteiger partial charge < -0.3 is 15.6 Å². The molecule has 2 saturated heterocycles. The van der Waals surface area contributed by atoms with Gasteiger partial charge in [0, 0.05) is 30.1 Å². The molecule has 4 heteroatoms. The first-order chi connectivity index (χ1) is 11.2. The van der Waals surface area contributed by atoms with Crippen LogP contribution in [0, 0.1) is 11.3 Å². The minimum absolute atomic E-state index is 0.110. The summed E-state index contributed by atoms with van der Waals surface area (Å²) < 4.78 is 0. The Balaban J connectivity index is 1.47. The number of nitrogens with zero attached hydrogens (tertiary/aromatic N) is 1. The van der Waals surface area contributed by atoms with Gasteiger partial charge in [-0.2, -0.15) is 0 Å². The second-order valence-electron chi connectivity index (χ2n) is 7.33. The molecular formula is C19H25N3O. The van der Waals surface area contributed by atoms with Crippen LogP contribution in [0.25, 0.3) is 0 Å². The van der Waals surface area contributed by atoms with E-state index in [2.05, 4.69) is 28.4 Å². The summed E-state index contributed by atoms with van der Waals surface area (Å²) in [4.78, 5) is 14.8. The molecule has 2 N–H and O–H groups in total. The first kappa shape index (κ1) is 14.9. The van der Waals surface area contributed by atoms with Gasteiger partial charge in [-0.05, 0) is 56.3 Å². The zero-order chi connectivity index (χ0) is 15.9. The van der Waals surface area contributed by atoms with Gasteiger partial charge in [-0.3, -0.25) is 4.79 Å². The number of nitrogens with one attached hydrogen (secondary N) is 2. The number of hydrogen-bond donors (Lipinski definition) is 2. The van der Waals surface area contributed by atoms with Crippen LogP contribution in [0.2, 0.25) is 0 Å². The lowest BCUT2D eigenvalue weighted by Gasteiger charge is -2.41. The summed E-state index contributed by atoms with van der Waals surface area (Å²) in [7, 11) is 0. The number of carbonyl (C=O) groups excluding carboxylic acids is 1. The molecule has 1 spiro atoms. The molecule has 0 atom stereocenters. The van der Waals surface area contributed by atoms with Crippen molar-refractivity contribution in [3.05, 3.63) is 35.4 Å². The van der Waals surface area contributed by atoms with E-state index in [9.17, 15) is 4.79 Å². The van der Waals surface area contributed by atoms with Crippen molar-refractivity contribution < 1.29 is 4.79 Å². The molecule has 1 amide bonds. The van der Waals surface area contributed by atoms with Crippen LogP contribution < -0.4 is 5.32 Å². The molecule has 4 nitrogen and oxygen atoms in total. The highest BCUT2D eigenvalue weighted by atomic mass is 16.2. The van der Waals surface area contributed by atoms with E-state index in [-0.39, 0.29) is 11.3 Å². The van der Waals surface area contributed by atoms with Crippen molar-refractivity contribution in [1.82, 2.24) is 10.2 Å². The van der Waals surface area contributed by atoms with Crippen LogP contribution in [0.1, 0.15) is 43.2 Å². The number of rotatable bonds is 1. The van der Waals surface area contributed by atoms with Gasteiger partial charge in [0.15, 0.2) is 0 Å². The van der Waals surface area contributed by atoms with Crippen LogP contribution >= 0.6 is 0 Å². The first-order valence-corrected chi connectivity index (χ1v) is 8.86. The van der Waals surface area contributed by atoms with Crippen LogP contribution in [0.3, 0.4) is 0 Å². The van der Waals surface area contributed by atoms with Crippen molar-refractivity contribution >= 4 is 11.6 Å². The molecule has 4 rings (SSSR count). The highest BCUT2D eigenvalue weighted by Crippen LogP contribution is 2.46. The van der Waals surface area contributed by atoms with Gasteiger partial charge in [-0.25, -0.2) is 0 Å². The maximum atomic E-state index is 12.7. The average Bonchev–Trinajstić information content (AvgIpc) is 2.88. The predicted octanol–water partition coefficient (Wildman–Crippen LogP) is 2.32. The van der Waals surface area contributed by atoms with Crippen molar-refractivity contribution in [2.24, 2.45) is 5.92 Å². The Bertz CT molecular complexity index is 625. The second-order valence-corrected chi connectivity index (χ2v) is 7.33. The van der Waals surface area contributed by atoms with Gasteiger partial charge >= 0.3 is 0 Å². The van der Waals surface area contributed by atoms with E-state index in [1.54, 1.807) is 0 Å². The predicted molar refractivity (Wildman–Crippen MR) is 91.0 cm³/mol. The standard InChI is InChI=1S/C19H25N3O/c20-17-13-19(16-4-2-1-3-15(16)17)7-11-22(12-8-19)18(23)14-5-9-21-10-6-14/h1-4,14,20-21H,5-13H2. The van der Waals surface area contributed by atoms with Crippen molar-refractivity contribution in [3.8, 4) is 0 Å². The fraction of sp³-hybridized carbons (Fsp3) is 0.579. The molecule has 2 fully saturated rings. The fourth-order valence-electron chi connectivity index (χ4n) is 4.67. The summed E-state index contributed by atoms with van der Waals surface area (Å²) in [6.07, 6.45) is 4.82. The Kier molecular flexibility index (Phi) is 3.72. The smallest absolute Gasteiger partial charge is 0.225 e. The van der Waals surface area contributed by atoms with Crippen molar-refractivity contribution in [2.75, 3.05) is 26.2 Å². The highest BCUT2D eigenvalue weighted by Gasteiger charge is 2.44. The van der Waals surface area contributed by atoms with E-state index in [0.717, 1.165) is 69.6 Å². The number of piperidine rings is 2. The average molecular weight is 311 g/mol. The molecule has 2 aliphatic heterocycles. The van der Waals surface area contributed by atoms with E-state index in [1.807, 2.05) is 6.07 Å². The number of benzene rings is 1. The fourth-order valence-corrected chi connectivity index (χ4v) is 4.67. The third kappa shape index (κ3) is 2.49. The largest absolute Gasteiger partial charge is 0.342 e. The minimum atomic E-state index is 0.110. The summed E-state index contributed by atoms with van der Waals surface area (Å²) in [5, 5.41) is 11.6. The molecule has 1 aliphatic carbocycles. The van der Waals surface area contributed by atoms with Crippen molar-refractivity contribution in [3.63, 3.8) is 0 Å². The van der Waals surface area contributed by atoms with Crippen molar-refractivity contribution in [1.29, 1.82) is 5.41 Å². The molecule has 0 radical (unpaired) electrons. The Morgan fingerprint density at radius 1 is 1.17 bits per heavy atom. The summed E-state index contributed by atoms with van der Waals surface area (Å²) in [6, 6.07) is 8.40. The lowest BCUT2D eigenvalue weighted by atomic mass is 9.73. The number of likely N-dealkylation sites (tertiary alicyclic amines) is 1. The SMILES string of the molecule is N=C1CC2(CCN(C(=O)C3CCNCC3)CC2)c2ccccc21. The lowest BCUT2D eigenvalue weighted by Crippen LogP contribution is -2.48. The lowest BCUT2D eigenvalue weighted by molar-refractivity contribution is -0.138. The second kappa shape index (κ2) is 5.75. The van der Waals surface area contributed by atoms with E-state index in [1.165, 1.54) is 5.56 Å². The Morgan fingerprint density at radius 3 is 2.61 bits per heavy atom. The summed E-state index contributed by atoms with van der Waals surface area (Å²) in [5.74, 6) is 0.585. The highest BCUT2D eigenvalue weighted by molar-refractivity contribution is 6.04. The van der Waals surface area contributed by atoms with E-state index in [4.69, 9.17) is 5.41 Å². The van der Waals surface area contributed by atoms with Crippen LogP contribution in [-0.4, -0.2) is 42.7 Å². The Labute approximate surface area is 137 Å². The van der Waals surface area contributed by atoms with Crippen LogP contribution in [0.4, 0.5) is 0 Å². The summed E-state index contributed by atoms with van der Waals surface area (Å²) in [6.45, 7) is 3.65. The molecule has 3 aliphatic rings. The molecule has 2 heterocycles.